The summed E-state index contributed by atoms with van der Waals surface area (Å²) >= 11 is 0. The first-order valence-electron chi connectivity index (χ1n) is 4.61. The number of halogens is 1. The fourth-order valence-corrected chi connectivity index (χ4v) is 1.25. The topological polar surface area (TPSA) is 22.1 Å². The van der Waals surface area contributed by atoms with E-state index in [0.29, 0.717) is 5.75 Å². The average Bonchev–Trinajstić information content (AvgIpc) is 2.17. The largest absolute Gasteiger partial charge is 0.439 e. The fourth-order valence-electron chi connectivity index (χ4n) is 1.25. The summed E-state index contributed by atoms with van der Waals surface area (Å²) in [6, 6.07) is 12.0. The summed E-state index contributed by atoms with van der Waals surface area (Å²) in [6.07, 6.45) is 0. The zero-order valence-electron chi connectivity index (χ0n) is 8.27. The van der Waals surface area contributed by atoms with Crippen LogP contribution in [-0.2, 0) is 0 Å². The molecule has 0 amide bonds. The van der Waals surface area contributed by atoms with E-state index in [1.165, 1.54) is 6.07 Å². The first-order chi connectivity index (χ1) is 7.24. The third-order valence-electron chi connectivity index (χ3n) is 1.90. The van der Waals surface area contributed by atoms with E-state index in [1.807, 2.05) is 25.1 Å². The molecule has 2 rings (SSSR count). The molecule has 2 aromatic rings. The van der Waals surface area contributed by atoms with Crippen molar-refractivity contribution < 1.29 is 9.13 Å². The van der Waals surface area contributed by atoms with Crippen LogP contribution in [0.1, 0.15) is 5.56 Å². The van der Waals surface area contributed by atoms with Crippen molar-refractivity contribution in [2.24, 2.45) is 0 Å². The van der Waals surface area contributed by atoms with Crippen molar-refractivity contribution in [2.45, 2.75) is 6.92 Å². The van der Waals surface area contributed by atoms with Gasteiger partial charge >= 0.3 is 0 Å². The number of benzene rings is 1. The summed E-state index contributed by atoms with van der Waals surface area (Å²) in [5.74, 6) is 0.383. The highest BCUT2D eigenvalue weighted by Crippen LogP contribution is 2.19. The lowest BCUT2D eigenvalue weighted by Gasteiger charge is -2.04. The van der Waals surface area contributed by atoms with Gasteiger partial charge in [0.2, 0.25) is 11.8 Å². The van der Waals surface area contributed by atoms with E-state index in [0.717, 1.165) is 5.56 Å². The van der Waals surface area contributed by atoms with Crippen molar-refractivity contribution in [3.8, 4) is 11.6 Å². The van der Waals surface area contributed by atoms with E-state index in [4.69, 9.17) is 4.74 Å². The molecule has 0 saturated heterocycles. The molecule has 0 unspecified atom stereocenters. The first-order valence-corrected chi connectivity index (χ1v) is 4.61. The van der Waals surface area contributed by atoms with E-state index in [1.54, 1.807) is 18.2 Å². The molecule has 1 aromatic carbocycles. The molecule has 1 heterocycles. The van der Waals surface area contributed by atoms with E-state index >= 15 is 0 Å². The predicted octanol–water partition coefficient (Wildman–Crippen LogP) is 3.32. The summed E-state index contributed by atoms with van der Waals surface area (Å²) in [5.41, 5.74) is 1.09. The van der Waals surface area contributed by atoms with Gasteiger partial charge in [-0.3, -0.25) is 0 Å². The molecule has 0 spiro atoms. The van der Waals surface area contributed by atoms with E-state index in [2.05, 4.69) is 4.98 Å². The summed E-state index contributed by atoms with van der Waals surface area (Å²) < 4.78 is 18.1. The maximum absolute atomic E-state index is 12.8. The summed E-state index contributed by atoms with van der Waals surface area (Å²) in [6.45, 7) is 1.96. The molecule has 76 valence electrons. The third-order valence-corrected chi connectivity index (χ3v) is 1.90. The molecule has 0 N–H and O–H groups in total. The molecule has 2 nitrogen and oxygen atoms in total. The third kappa shape index (κ3) is 2.53. The van der Waals surface area contributed by atoms with Crippen LogP contribution in [0.2, 0.25) is 0 Å². The Morgan fingerprint density at radius 1 is 1.13 bits per heavy atom. The Morgan fingerprint density at radius 2 is 1.93 bits per heavy atom. The second kappa shape index (κ2) is 4.09. The van der Waals surface area contributed by atoms with E-state index in [9.17, 15) is 4.39 Å². The van der Waals surface area contributed by atoms with Gasteiger partial charge in [-0.2, -0.15) is 9.37 Å². The number of hydrogen-bond donors (Lipinski definition) is 0. The lowest BCUT2D eigenvalue weighted by molar-refractivity contribution is 0.445. The zero-order valence-corrected chi connectivity index (χ0v) is 8.27. The van der Waals surface area contributed by atoms with E-state index in [-0.39, 0.29) is 5.88 Å². The molecular formula is C12H10FNO. The van der Waals surface area contributed by atoms with Gasteiger partial charge in [0, 0.05) is 6.07 Å². The van der Waals surface area contributed by atoms with Crippen molar-refractivity contribution in [1.29, 1.82) is 0 Å². The average molecular weight is 203 g/mol. The molecule has 1 aromatic heterocycles. The smallest absolute Gasteiger partial charge is 0.221 e. The highest BCUT2D eigenvalue weighted by atomic mass is 19.1. The Labute approximate surface area is 87.4 Å². The molecule has 0 fully saturated rings. The summed E-state index contributed by atoms with van der Waals surface area (Å²) in [5, 5.41) is 0. The molecule has 0 aliphatic rings. The van der Waals surface area contributed by atoms with Crippen LogP contribution < -0.4 is 4.74 Å². The standard InChI is InChI=1S/C12H10FNO/c1-9-4-2-5-10(8-9)15-12-7-3-6-11(13)14-12/h2-8H,1H3. The van der Waals surface area contributed by atoms with Gasteiger partial charge in [-0.05, 0) is 30.7 Å². The van der Waals surface area contributed by atoms with Crippen LogP contribution in [0, 0.1) is 12.9 Å². The van der Waals surface area contributed by atoms with Gasteiger partial charge in [-0.25, -0.2) is 0 Å². The van der Waals surface area contributed by atoms with Crippen molar-refractivity contribution in [2.75, 3.05) is 0 Å². The first kappa shape index (κ1) is 9.65. The van der Waals surface area contributed by atoms with Gasteiger partial charge in [-0.1, -0.05) is 18.2 Å². The molecule has 0 radical (unpaired) electrons. The highest BCUT2D eigenvalue weighted by molar-refractivity contribution is 5.30. The minimum atomic E-state index is -0.542. The van der Waals surface area contributed by atoms with Gasteiger partial charge in [0.1, 0.15) is 5.75 Å². The van der Waals surface area contributed by atoms with Crippen LogP contribution in [-0.4, -0.2) is 4.98 Å². The van der Waals surface area contributed by atoms with Gasteiger partial charge in [0.05, 0.1) is 0 Å². The van der Waals surface area contributed by atoms with Crippen LogP contribution in [0.15, 0.2) is 42.5 Å². The monoisotopic (exact) mass is 203 g/mol. The Kier molecular flexibility index (Phi) is 2.63. The van der Waals surface area contributed by atoms with Crippen LogP contribution in [0.3, 0.4) is 0 Å². The Morgan fingerprint density at radius 3 is 2.67 bits per heavy atom. The maximum atomic E-state index is 12.8. The van der Waals surface area contributed by atoms with Crippen molar-refractivity contribution in [3.63, 3.8) is 0 Å². The molecule has 0 aliphatic heterocycles. The number of aromatic nitrogens is 1. The second-order valence-electron chi connectivity index (χ2n) is 3.22. The number of hydrogen-bond acceptors (Lipinski definition) is 2. The fraction of sp³-hybridized carbons (Fsp3) is 0.0833. The summed E-state index contributed by atoms with van der Waals surface area (Å²) in [4.78, 5) is 3.61. The second-order valence-corrected chi connectivity index (χ2v) is 3.22. The van der Waals surface area contributed by atoms with Crippen LogP contribution >= 0.6 is 0 Å². The SMILES string of the molecule is Cc1cccc(Oc2cccc(F)n2)c1. The summed E-state index contributed by atoms with van der Waals surface area (Å²) in [7, 11) is 0. The van der Waals surface area contributed by atoms with Crippen LogP contribution in [0.25, 0.3) is 0 Å². The molecule has 3 heteroatoms. The number of pyridine rings is 1. The van der Waals surface area contributed by atoms with Gasteiger partial charge < -0.3 is 4.74 Å². The number of rotatable bonds is 2. The number of aryl methyl sites for hydroxylation is 1. The van der Waals surface area contributed by atoms with Gasteiger partial charge in [0.15, 0.2) is 0 Å². The Bertz CT molecular complexity index is 427. The molecule has 0 bridgehead atoms. The van der Waals surface area contributed by atoms with Crippen LogP contribution in [0.5, 0.6) is 11.6 Å². The van der Waals surface area contributed by atoms with Crippen molar-refractivity contribution in [3.05, 3.63) is 54.0 Å². The molecule has 15 heavy (non-hydrogen) atoms. The van der Waals surface area contributed by atoms with Crippen molar-refractivity contribution >= 4 is 0 Å². The quantitative estimate of drug-likeness (QED) is 0.698. The lowest BCUT2D eigenvalue weighted by atomic mass is 10.2. The normalized spacial score (nSPS) is 10.0. The maximum Gasteiger partial charge on any atom is 0.221 e. The molecular weight excluding hydrogens is 193 g/mol. The highest BCUT2D eigenvalue weighted by Gasteiger charge is 1.99. The number of ether oxygens (including phenoxy) is 1. The molecule has 0 atom stereocenters. The minimum absolute atomic E-state index is 0.264. The number of nitrogens with zero attached hydrogens (tertiary/aromatic N) is 1. The predicted molar refractivity (Wildman–Crippen MR) is 55.4 cm³/mol. The lowest BCUT2D eigenvalue weighted by Crippen LogP contribution is -1.89. The molecule has 0 aliphatic carbocycles. The van der Waals surface area contributed by atoms with Gasteiger partial charge in [-0.15, -0.1) is 0 Å². The Balaban J connectivity index is 2.22. The van der Waals surface area contributed by atoms with E-state index < -0.39 is 5.95 Å². The molecule has 0 saturated carbocycles. The van der Waals surface area contributed by atoms with Crippen LogP contribution in [0.4, 0.5) is 4.39 Å². The van der Waals surface area contributed by atoms with Gasteiger partial charge in [0.25, 0.3) is 0 Å². The zero-order chi connectivity index (χ0) is 10.7. The Hall–Kier alpha value is -1.90. The minimum Gasteiger partial charge on any atom is -0.439 e. The van der Waals surface area contributed by atoms with Crippen molar-refractivity contribution in [1.82, 2.24) is 4.98 Å².